The summed E-state index contributed by atoms with van der Waals surface area (Å²) in [6, 6.07) is 7.74. The maximum atomic E-state index is 5.40. The number of hydrogen-bond acceptors (Lipinski definition) is 4. The molecule has 0 saturated heterocycles. The van der Waals surface area contributed by atoms with Gasteiger partial charge in [0.15, 0.2) is 5.82 Å². The van der Waals surface area contributed by atoms with Crippen molar-refractivity contribution in [2.24, 2.45) is 5.10 Å². The van der Waals surface area contributed by atoms with Crippen molar-refractivity contribution in [3.63, 3.8) is 0 Å². The van der Waals surface area contributed by atoms with Crippen molar-refractivity contribution in [3.8, 4) is 5.75 Å². The molecule has 1 aromatic carbocycles. The van der Waals surface area contributed by atoms with E-state index < -0.39 is 0 Å². The van der Waals surface area contributed by atoms with Gasteiger partial charge in [0.1, 0.15) is 5.75 Å². The molecule has 0 saturated carbocycles. The molecule has 1 heterocycles. The second-order valence-corrected chi connectivity index (χ2v) is 4.99. The van der Waals surface area contributed by atoms with Crippen molar-refractivity contribution < 1.29 is 4.74 Å². The van der Waals surface area contributed by atoms with Gasteiger partial charge in [-0.3, -0.25) is 5.10 Å². The van der Waals surface area contributed by atoms with Crippen LogP contribution in [0.5, 0.6) is 5.75 Å². The van der Waals surface area contributed by atoms with Crippen LogP contribution >= 0.6 is 12.2 Å². The topological polar surface area (TPSA) is 55.2 Å². The molecule has 0 fully saturated rings. The third-order valence-electron chi connectivity index (χ3n) is 2.71. The first kappa shape index (κ1) is 14.5. The largest absolute Gasteiger partial charge is 0.494 e. The smallest absolute Gasteiger partial charge is 0.216 e. The molecule has 20 heavy (non-hydrogen) atoms. The molecule has 0 aliphatic rings. The van der Waals surface area contributed by atoms with Crippen LogP contribution in [0.1, 0.15) is 38.1 Å². The second kappa shape index (κ2) is 6.47. The Morgan fingerprint density at radius 2 is 2.10 bits per heavy atom. The van der Waals surface area contributed by atoms with E-state index in [-0.39, 0.29) is 5.92 Å². The Balaban J connectivity index is 2.21. The maximum absolute atomic E-state index is 5.40. The summed E-state index contributed by atoms with van der Waals surface area (Å²) in [5.41, 5.74) is 0.978. The van der Waals surface area contributed by atoms with Gasteiger partial charge in [0.2, 0.25) is 4.77 Å². The van der Waals surface area contributed by atoms with E-state index >= 15 is 0 Å². The number of rotatable bonds is 5. The number of H-pyrrole nitrogens is 1. The van der Waals surface area contributed by atoms with Crippen molar-refractivity contribution in [3.05, 3.63) is 40.4 Å². The number of aromatic amines is 1. The number of ether oxygens (including phenoxy) is 1. The number of nitrogens with one attached hydrogen (secondary N) is 1. The van der Waals surface area contributed by atoms with Crippen molar-refractivity contribution >= 4 is 18.4 Å². The van der Waals surface area contributed by atoms with Gasteiger partial charge in [-0.15, -0.1) is 0 Å². The van der Waals surface area contributed by atoms with E-state index in [0.29, 0.717) is 11.4 Å². The molecule has 6 heteroatoms. The summed E-state index contributed by atoms with van der Waals surface area (Å²) in [5, 5.41) is 11.3. The van der Waals surface area contributed by atoms with E-state index in [2.05, 4.69) is 15.3 Å². The molecule has 1 aromatic heterocycles. The first-order chi connectivity index (χ1) is 9.61. The molecule has 0 unspecified atom stereocenters. The van der Waals surface area contributed by atoms with Gasteiger partial charge in [-0.05, 0) is 49.0 Å². The molecule has 5 nitrogen and oxygen atoms in total. The highest BCUT2D eigenvalue weighted by molar-refractivity contribution is 7.71. The molecular weight excluding hydrogens is 272 g/mol. The first-order valence-corrected chi connectivity index (χ1v) is 6.97. The highest BCUT2D eigenvalue weighted by atomic mass is 32.1. The highest BCUT2D eigenvalue weighted by Gasteiger charge is 2.08. The second-order valence-electron chi connectivity index (χ2n) is 4.60. The van der Waals surface area contributed by atoms with Crippen LogP contribution in [-0.2, 0) is 0 Å². The fraction of sp³-hybridized carbons (Fsp3) is 0.357. The molecular formula is C14H18N4OS. The van der Waals surface area contributed by atoms with Gasteiger partial charge in [-0.1, -0.05) is 13.8 Å². The van der Waals surface area contributed by atoms with Gasteiger partial charge in [-0.25, -0.2) is 0 Å². The van der Waals surface area contributed by atoms with Gasteiger partial charge in [0.25, 0.3) is 0 Å². The summed E-state index contributed by atoms with van der Waals surface area (Å²) < 4.78 is 7.54. The van der Waals surface area contributed by atoms with E-state index in [1.165, 1.54) is 0 Å². The Morgan fingerprint density at radius 3 is 2.70 bits per heavy atom. The van der Waals surface area contributed by atoms with Crippen molar-refractivity contribution in [1.29, 1.82) is 0 Å². The predicted octanol–water partition coefficient (Wildman–Crippen LogP) is 3.34. The summed E-state index contributed by atoms with van der Waals surface area (Å²) in [4.78, 5) is 0. The van der Waals surface area contributed by atoms with Crippen molar-refractivity contribution in [2.45, 2.75) is 26.7 Å². The fourth-order valence-electron chi connectivity index (χ4n) is 1.73. The first-order valence-electron chi connectivity index (χ1n) is 6.56. The summed E-state index contributed by atoms with van der Waals surface area (Å²) in [7, 11) is 0. The summed E-state index contributed by atoms with van der Waals surface area (Å²) in [5.74, 6) is 1.92. The molecule has 0 aliphatic carbocycles. The van der Waals surface area contributed by atoms with Crippen molar-refractivity contribution in [2.75, 3.05) is 6.61 Å². The summed E-state index contributed by atoms with van der Waals surface area (Å²) >= 11 is 5.17. The standard InChI is InChI=1S/C14H18N4OS/c1-4-19-12-7-5-11(6-8-12)9-15-18-13(10(2)3)16-17-14(18)20/h5-10H,4H2,1-3H3,(H,17,20)/b15-9+. The number of aromatic nitrogens is 3. The Morgan fingerprint density at radius 1 is 1.40 bits per heavy atom. The van der Waals surface area contributed by atoms with Crippen LogP contribution in [0, 0.1) is 4.77 Å². The van der Waals surface area contributed by atoms with Gasteiger partial charge < -0.3 is 4.74 Å². The van der Waals surface area contributed by atoms with Crippen LogP contribution in [0.25, 0.3) is 0 Å². The van der Waals surface area contributed by atoms with Gasteiger partial charge in [0.05, 0.1) is 12.8 Å². The van der Waals surface area contributed by atoms with Crippen LogP contribution in [0.2, 0.25) is 0 Å². The molecule has 0 bridgehead atoms. The number of benzene rings is 1. The van der Waals surface area contributed by atoms with E-state index in [1.54, 1.807) is 10.9 Å². The van der Waals surface area contributed by atoms with Crippen LogP contribution in [0.3, 0.4) is 0 Å². The zero-order valence-electron chi connectivity index (χ0n) is 11.8. The quantitative estimate of drug-likeness (QED) is 0.678. The lowest BCUT2D eigenvalue weighted by Crippen LogP contribution is -2.01. The highest BCUT2D eigenvalue weighted by Crippen LogP contribution is 2.13. The van der Waals surface area contributed by atoms with Gasteiger partial charge in [0, 0.05) is 5.92 Å². The van der Waals surface area contributed by atoms with E-state index in [1.807, 2.05) is 45.0 Å². The third-order valence-corrected chi connectivity index (χ3v) is 2.97. The molecule has 2 aromatic rings. The molecule has 0 amide bonds. The Bertz CT molecular complexity index is 640. The van der Waals surface area contributed by atoms with E-state index in [4.69, 9.17) is 17.0 Å². The minimum absolute atomic E-state index is 0.250. The van der Waals surface area contributed by atoms with Crippen LogP contribution in [0.4, 0.5) is 0 Å². The van der Waals surface area contributed by atoms with Crippen molar-refractivity contribution in [1.82, 2.24) is 14.9 Å². The van der Waals surface area contributed by atoms with Crippen LogP contribution in [0.15, 0.2) is 29.4 Å². The predicted molar refractivity (Wildman–Crippen MR) is 82.1 cm³/mol. The average Bonchev–Trinajstić information content (AvgIpc) is 2.80. The number of hydrogen-bond donors (Lipinski definition) is 1. The van der Waals surface area contributed by atoms with Gasteiger partial charge in [-0.2, -0.15) is 14.9 Å². The minimum Gasteiger partial charge on any atom is -0.494 e. The van der Waals surface area contributed by atoms with E-state index in [9.17, 15) is 0 Å². The Labute approximate surface area is 123 Å². The summed E-state index contributed by atoms with van der Waals surface area (Å²) in [6.45, 7) is 6.72. The molecule has 2 rings (SSSR count). The lowest BCUT2D eigenvalue weighted by atomic mass is 10.2. The molecule has 0 atom stereocenters. The minimum atomic E-state index is 0.250. The third kappa shape index (κ3) is 3.33. The van der Waals surface area contributed by atoms with Crippen LogP contribution < -0.4 is 4.74 Å². The Hall–Kier alpha value is -1.95. The number of nitrogens with zero attached hydrogens (tertiary/aromatic N) is 3. The molecule has 0 aliphatic heterocycles. The molecule has 0 radical (unpaired) electrons. The van der Waals surface area contributed by atoms with Crippen LogP contribution in [-0.4, -0.2) is 27.7 Å². The molecule has 1 N–H and O–H groups in total. The van der Waals surface area contributed by atoms with E-state index in [0.717, 1.165) is 17.1 Å². The lowest BCUT2D eigenvalue weighted by Gasteiger charge is -2.04. The Kier molecular flexibility index (Phi) is 4.68. The normalized spacial score (nSPS) is 11.4. The molecule has 106 valence electrons. The zero-order chi connectivity index (χ0) is 14.5. The fourth-order valence-corrected chi connectivity index (χ4v) is 1.92. The lowest BCUT2D eigenvalue weighted by molar-refractivity contribution is 0.340. The summed E-state index contributed by atoms with van der Waals surface area (Å²) in [6.07, 6.45) is 1.76. The SMILES string of the molecule is CCOc1ccc(/C=N/n2c(C(C)C)n[nH]c2=S)cc1. The van der Waals surface area contributed by atoms with Gasteiger partial charge >= 0.3 is 0 Å². The monoisotopic (exact) mass is 290 g/mol. The average molecular weight is 290 g/mol. The maximum Gasteiger partial charge on any atom is 0.216 e. The molecule has 0 spiro atoms. The zero-order valence-corrected chi connectivity index (χ0v) is 12.6.